The molecule has 0 saturated heterocycles. The van der Waals surface area contributed by atoms with Crippen LogP contribution in [0, 0.1) is 6.92 Å². The number of carbonyl (C=O) groups excluding carboxylic acids is 1. The van der Waals surface area contributed by atoms with Gasteiger partial charge in [-0.15, -0.1) is 11.3 Å². The summed E-state index contributed by atoms with van der Waals surface area (Å²) in [6.45, 7) is 1.99. The van der Waals surface area contributed by atoms with Gasteiger partial charge in [-0.2, -0.15) is 0 Å². The van der Waals surface area contributed by atoms with Crippen LogP contribution in [0.15, 0.2) is 16.2 Å². The van der Waals surface area contributed by atoms with E-state index < -0.39 is 5.97 Å². The van der Waals surface area contributed by atoms with Gasteiger partial charge in [0.2, 0.25) is 0 Å². The number of hydrogen-bond acceptors (Lipinski definition) is 4. The molecule has 2 N–H and O–H groups in total. The van der Waals surface area contributed by atoms with Crippen LogP contribution in [0.25, 0.3) is 6.08 Å². The minimum atomic E-state index is -0.507. The van der Waals surface area contributed by atoms with Crippen LogP contribution < -0.4 is 5.73 Å². The molecule has 0 fully saturated rings. The third kappa shape index (κ3) is 2.59. The average molecular weight is 276 g/mol. The first-order valence-electron chi connectivity index (χ1n) is 3.86. The number of carbonyl (C=O) groups is 1. The maximum atomic E-state index is 11.0. The lowest BCUT2D eigenvalue weighted by molar-refractivity contribution is -0.136. The molecular formula is C9H10BrNO2S. The molecule has 3 nitrogen and oxygen atoms in total. The van der Waals surface area contributed by atoms with Crippen LogP contribution in [-0.4, -0.2) is 13.1 Å². The number of hydrogen-bond donors (Lipinski definition) is 1. The summed E-state index contributed by atoms with van der Waals surface area (Å²) in [5.41, 5.74) is 5.61. The molecule has 14 heavy (non-hydrogen) atoms. The molecule has 0 spiro atoms. The molecule has 0 saturated carbocycles. The number of rotatable bonds is 2. The Hall–Kier alpha value is -0.810. The summed E-state index contributed by atoms with van der Waals surface area (Å²) in [6.07, 6.45) is 1.61. The van der Waals surface area contributed by atoms with E-state index in [1.165, 1.54) is 7.11 Å². The van der Waals surface area contributed by atoms with E-state index >= 15 is 0 Å². The minimum Gasteiger partial charge on any atom is -0.464 e. The molecule has 0 bridgehead atoms. The van der Waals surface area contributed by atoms with E-state index in [0.29, 0.717) is 0 Å². The normalized spacial score (nSPS) is 11.5. The third-order valence-electron chi connectivity index (χ3n) is 1.60. The van der Waals surface area contributed by atoms with E-state index in [-0.39, 0.29) is 5.70 Å². The topological polar surface area (TPSA) is 52.3 Å². The summed E-state index contributed by atoms with van der Waals surface area (Å²) in [7, 11) is 1.30. The van der Waals surface area contributed by atoms with Crippen molar-refractivity contribution in [2.24, 2.45) is 5.73 Å². The van der Waals surface area contributed by atoms with E-state index in [1.54, 1.807) is 17.4 Å². The Bertz CT molecular complexity index is 365. The number of aryl methyl sites for hydroxylation is 1. The van der Waals surface area contributed by atoms with Gasteiger partial charge in [-0.3, -0.25) is 0 Å². The summed E-state index contributed by atoms with van der Waals surface area (Å²) in [5, 5.41) is 0. The third-order valence-corrected chi connectivity index (χ3v) is 3.68. The number of halogens is 1. The second kappa shape index (κ2) is 4.61. The monoisotopic (exact) mass is 275 g/mol. The number of methoxy groups -OCH3 is 1. The molecule has 0 aromatic carbocycles. The van der Waals surface area contributed by atoms with E-state index in [9.17, 15) is 4.79 Å². The van der Waals surface area contributed by atoms with Crippen LogP contribution in [-0.2, 0) is 9.53 Å². The van der Waals surface area contributed by atoms with Crippen molar-refractivity contribution in [1.82, 2.24) is 0 Å². The summed E-state index contributed by atoms with van der Waals surface area (Å²) >= 11 is 4.94. The molecule has 76 valence electrons. The van der Waals surface area contributed by atoms with Gasteiger partial charge in [0.15, 0.2) is 0 Å². The van der Waals surface area contributed by atoms with Crippen molar-refractivity contribution in [2.75, 3.05) is 7.11 Å². The van der Waals surface area contributed by atoms with E-state index in [4.69, 9.17) is 5.73 Å². The molecule has 0 aliphatic heterocycles. The first-order valence-corrected chi connectivity index (χ1v) is 5.47. The van der Waals surface area contributed by atoms with Gasteiger partial charge in [-0.05, 0) is 35.0 Å². The minimum absolute atomic E-state index is 0.112. The Balaban J connectivity index is 2.91. The Morgan fingerprint density at radius 1 is 1.71 bits per heavy atom. The highest BCUT2D eigenvalue weighted by atomic mass is 79.9. The quantitative estimate of drug-likeness (QED) is 0.666. The van der Waals surface area contributed by atoms with Gasteiger partial charge in [0, 0.05) is 14.2 Å². The van der Waals surface area contributed by atoms with Crippen LogP contribution in [0.2, 0.25) is 0 Å². The fraction of sp³-hybridized carbons (Fsp3) is 0.222. The lowest BCUT2D eigenvalue weighted by Crippen LogP contribution is -2.12. The fourth-order valence-electron chi connectivity index (χ4n) is 0.883. The van der Waals surface area contributed by atoms with Crippen molar-refractivity contribution < 1.29 is 9.53 Å². The number of esters is 1. The Morgan fingerprint density at radius 2 is 2.36 bits per heavy atom. The first-order chi connectivity index (χ1) is 6.54. The van der Waals surface area contributed by atoms with Gasteiger partial charge >= 0.3 is 5.97 Å². The van der Waals surface area contributed by atoms with Crippen molar-refractivity contribution in [3.8, 4) is 0 Å². The van der Waals surface area contributed by atoms with E-state index in [1.807, 2.05) is 13.0 Å². The summed E-state index contributed by atoms with van der Waals surface area (Å²) in [4.78, 5) is 13.1. The maximum absolute atomic E-state index is 11.0. The summed E-state index contributed by atoms with van der Waals surface area (Å²) in [6, 6.07) is 1.91. The standard InChI is InChI=1S/C9H10BrNO2S/c1-5-7(10)3-6(14-5)4-8(11)9(12)13-2/h3-4H,11H2,1-2H3/b8-4-. The summed E-state index contributed by atoms with van der Waals surface area (Å²) < 4.78 is 5.50. The maximum Gasteiger partial charge on any atom is 0.353 e. The van der Waals surface area contributed by atoms with E-state index in [0.717, 1.165) is 14.2 Å². The molecule has 1 aromatic rings. The van der Waals surface area contributed by atoms with Crippen LogP contribution in [0.3, 0.4) is 0 Å². The zero-order valence-electron chi connectivity index (χ0n) is 7.83. The summed E-state index contributed by atoms with van der Waals surface area (Å²) in [5.74, 6) is -0.507. The smallest absolute Gasteiger partial charge is 0.353 e. The Morgan fingerprint density at radius 3 is 2.79 bits per heavy atom. The van der Waals surface area contributed by atoms with Gasteiger partial charge in [-0.1, -0.05) is 0 Å². The molecule has 0 aliphatic rings. The lowest BCUT2D eigenvalue weighted by atomic mass is 10.3. The van der Waals surface area contributed by atoms with Gasteiger partial charge in [0.25, 0.3) is 0 Å². The zero-order chi connectivity index (χ0) is 10.7. The van der Waals surface area contributed by atoms with Crippen LogP contribution in [0.1, 0.15) is 9.75 Å². The number of ether oxygens (including phenoxy) is 1. The molecule has 0 amide bonds. The Labute approximate surface area is 94.7 Å². The van der Waals surface area contributed by atoms with E-state index in [2.05, 4.69) is 20.7 Å². The second-order valence-corrected chi connectivity index (χ2v) is 4.79. The van der Waals surface area contributed by atoms with Crippen LogP contribution in [0.4, 0.5) is 0 Å². The lowest BCUT2D eigenvalue weighted by Gasteiger charge is -1.96. The number of nitrogens with two attached hydrogens (primary N) is 1. The van der Waals surface area contributed by atoms with Gasteiger partial charge < -0.3 is 10.5 Å². The van der Waals surface area contributed by atoms with Crippen LogP contribution in [0.5, 0.6) is 0 Å². The molecule has 1 aromatic heterocycles. The molecule has 1 heterocycles. The molecule has 1 rings (SSSR count). The average Bonchev–Trinajstić information content (AvgIpc) is 2.44. The highest BCUT2D eigenvalue weighted by Crippen LogP contribution is 2.27. The Kier molecular flexibility index (Phi) is 3.71. The molecule has 0 atom stereocenters. The highest BCUT2D eigenvalue weighted by Gasteiger charge is 2.06. The molecular weight excluding hydrogens is 266 g/mol. The largest absolute Gasteiger partial charge is 0.464 e. The molecule has 0 radical (unpaired) electrons. The predicted molar refractivity (Wildman–Crippen MR) is 60.9 cm³/mol. The highest BCUT2D eigenvalue weighted by molar-refractivity contribution is 9.10. The SMILES string of the molecule is COC(=O)/C(N)=C/c1cc(Br)c(C)s1. The second-order valence-electron chi connectivity index (χ2n) is 2.64. The predicted octanol–water partition coefficient (Wildman–Crippen LogP) is 2.29. The van der Waals surface area contributed by atoms with Gasteiger partial charge in [0.05, 0.1) is 7.11 Å². The van der Waals surface area contributed by atoms with Crippen molar-refractivity contribution in [2.45, 2.75) is 6.92 Å². The molecule has 0 aliphatic carbocycles. The molecule has 5 heteroatoms. The first kappa shape index (κ1) is 11.3. The fourth-order valence-corrected chi connectivity index (χ4v) is 2.40. The van der Waals surface area contributed by atoms with Crippen molar-refractivity contribution in [1.29, 1.82) is 0 Å². The van der Waals surface area contributed by atoms with Crippen LogP contribution >= 0.6 is 27.3 Å². The van der Waals surface area contributed by atoms with Crippen molar-refractivity contribution in [3.05, 3.63) is 26.0 Å². The number of thiophene rings is 1. The van der Waals surface area contributed by atoms with Gasteiger partial charge in [-0.25, -0.2) is 4.79 Å². The van der Waals surface area contributed by atoms with Crippen molar-refractivity contribution in [3.63, 3.8) is 0 Å². The van der Waals surface area contributed by atoms with Crippen molar-refractivity contribution >= 4 is 39.3 Å². The molecule has 0 unspecified atom stereocenters. The van der Waals surface area contributed by atoms with Gasteiger partial charge in [0.1, 0.15) is 5.70 Å². The zero-order valence-corrected chi connectivity index (χ0v) is 10.2.